The first-order valence-corrected chi connectivity index (χ1v) is 17.2. The van der Waals surface area contributed by atoms with Crippen LogP contribution in [0.4, 0.5) is 15.3 Å². The number of piperidine rings is 3. The van der Waals surface area contributed by atoms with Gasteiger partial charge < -0.3 is 30.6 Å². The Morgan fingerprint density at radius 2 is 1.64 bits per heavy atom. The zero-order valence-corrected chi connectivity index (χ0v) is 26.8. The van der Waals surface area contributed by atoms with Crippen molar-refractivity contribution in [1.29, 1.82) is 0 Å². The number of para-hydroxylation sites is 1. The third-order valence-corrected chi connectivity index (χ3v) is 10.5. The molecule has 0 aliphatic carbocycles. The minimum atomic E-state index is -0.776. The van der Waals surface area contributed by atoms with Crippen molar-refractivity contribution in [1.82, 2.24) is 40.9 Å². The van der Waals surface area contributed by atoms with E-state index in [1.165, 1.54) is 12.8 Å². The number of benzene rings is 2. The Kier molecular flexibility index (Phi) is 9.52. The number of aromatic amines is 1. The smallest absolute Gasteiger partial charge is 0.351 e. The van der Waals surface area contributed by atoms with Gasteiger partial charge in [-0.15, -0.1) is 5.06 Å². The van der Waals surface area contributed by atoms with Crippen LogP contribution in [0.1, 0.15) is 49.7 Å². The molecule has 3 saturated heterocycles. The van der Waals surface area contributed by atoms with Crippen molar-refractivity contribution in [3.05, 3.63) is 53.6 Å². The Bertz CT molecular complexity index is 1560. The fraction of sp³-hybridized carbons (Fsp3) is 0.559. The van der Waals surface area contributed by atoms with Crippen molar-refractivity contribution in [2.45, 2.75) is 63.5 Å². The molecule has 4 aliphatic heterocycles. The van der Waals surface area contributed by atoms with Gasteiger partial charge >= 0.3 is 12.1 Å². The van der Waals surface area contributed by atoms with E-state index in [1.807, 2.05) is 46.2 Å². The molecule has 1 atom stereocenters. The number of amides is 4. The number of carbonyl (C=O) groups excluding carboxylic acids is 3. The Hall–Kier alpha value is -4.23. The first kappa shape index (κ1) is 31.4. The second-order valence-corrected chi connectivity index (χ2v) is 13.4. The summed E-state index contributed by atoms with van der Waals surface area (Å²) in [7, 11) is 0. The average Bonchev–Trinajstić information content (AvgIpc) is 3.50. The van der Waals surface area contributed by atoms with Gasteiger partial charge in [-0.25, -0.2) is 9.59 Å². The van der Waals surface area contributed by atoms with Gasteiger partial charge in [0.15, 0.2) is 0 Å². The molecule has 0 saturated carbocycles. The fourth-order valence-electron chi connectivity index (χ4n) is 7.84. The van der Waals surface area contributed by atoms with E-state index >= 15 is 0 Å². The maximum Gasteiger partial charge on any atom is 0.426 e. The standard InChI is InChI=1S/C34H45N9O4/c44-32(41-16-9-25(10-17-41)24-7-14-35-15-8-24)31(22-23-5-6-29-30(21-23)39-40-38-29)37-34(46)47-42-18-12-27(13-19-42)43-20-11-26-3-1-2-4-28(26)36-33(43)45/h1-6,21,24-25,27,31,35H,7-20,22H2,(H,36,45)(H,37,46)(H,38,39,40). The van der Waals surface area contributed by atoms with Gasteiger partial charge in [-0.05, 0) is 99.2 Å². The van der Waals surface area contributed by atoms with E-state index in [0.717, 1.165) is 60.6 Å². The Morgan fingerprint density at radius 3 is 2.45 bits per heavy atom. The lowest BCUT2D eigenvalue weighted by molar-refractivity contribution is -0.137. The van der Waals surface area contributed by atoms with Crippen molar-refractivity contribution < 1.29 is 19.2 Å². The van der Waals surface area contributed by atoms with E-state index in [-0.39, 0.29) is 18.0 Å². The maximum atomic E-state index is 13.9. The highest BCUT2D eigenvalue weighted by Gasteiger charge is 2.35. The average molecular weight is 644 g/mol. The van der Waals surface area contributed by atoms with Crippen LogP contribution in [0.15, 0.2) is 42.5 Å². The maximum absolute atomic E-state index is 13.9. The van der Waals surface area contributed by atoms with Crippen LogP contribution in [0, 0.1) is 11.8 Å². The number of hydrogen-bond donors (Lipinski definition) is 4. The predicted octanol–water partition coefficient (Wildman–Crippen LogP) is 3.30. The summed E-state index contributed by atoms with van der Waals surface area (Å²) in [6.07, 6.45) is 6.24. The van der Waals surface area contributed by atoms with Crippen LogP contribution in [0.3, 0.4) is 0 Å². The summed E-state index contributed by atoms with van der Waals surface area (Å²) in [5.74, 6) is 1.28. The number of H-pyrrole nitrogens is 1. The lowest BCUT2D eigenvalue weighted by atomic mass is 9.79. The number of urea groups is 1. The number of anilines is 1. The summed E-state index contributed by atoms with van der Waals surface area (Å²) in [5.41, 5.74) is 4.34. The van der Waals surface area contributed by atoms with E-state index in [2.05, 4.69) is 37.4 Å². The second-order valence-electron chi connectivity index (χ2n) is 13.4. The summed E-state index contributed by atoms with van der Waals surface area (Å²) in [6, 6.07) is 12.8. The summed E-state index contributed by atoms with van der Waals surface area (Å²) in [6.45, 7) is 5.20. The summed E-state index contributed by atoms with van der Waals surface area (Å²) >= 11 is 0. The Labute approximate surface area is 274 Å². The van der Waals surface area contributed by atoms with E-state index in [0.29, 0.717) is 63.4 Å². The van der Waals surface area contributed by atoms with Gasteiger partial charge in [0.2, 0.25) is 5.91 Å². The molecule has 7 rings (SSSR count). The first-order chi connectivity index (χ1) is 23.0. The number of hydrogen-bond acceptors (Lipinski definition) is 8. The quantitative estimate of drug-likeness (QED) is 0.307. The molecule has 0 spiro atoms. The number of aromatic nitrogens is 3. The van der Waals surface area contributed by atoms with Gasteiger partial charge in [-0.2, -0.15) is 15.4 Å². The number of carbonyl (C=O) groups is 3. The number of likely N-dealkylation sites (tertiary alicyclic amines) is 1. The number of nitrogens with zero attached hydrogens (tertiary/aromatic N) is 5. The zero-order valence-electron chi connectivity index (χ0n) is 26.8. The topological polar surface area (TPSA) is 148 Å². The number of hydroxylamine groups is 2. The molecule has 3 aromatic rings. The molecular formula is C34H45N9O4. The van der Waals surface area contributed by atoms with Crippen molar-refractivity contribution in [3.63, 3.8) is 0 Å². The molecule has 4 amide bonds. The molecule has 1 aromatic heterocycles. The van der Waals surface area contributed by atoms with E-state index in [9.17, 15) is 14.4 Å². The fourth-order valence-corrected chi connectivity index (χ4v) is 7.84. The SMILES string of the molecule is O=C(NC(Cc1ccc2n[nH]nc2c1)C(=O)N1CCC(C2CCNCC2)CC1)ON1CCC(N2CCc3ccccc3NC2=O)CC1. The van der Waals surface area contributed by atoms with Crippen LogP contribution in [-0.2, 0) is 22.5 Å². The molecule has 4 aliphatic rings. The van der Waals surface area contributed by atoms with Crippen LogP contribution in [0.2, 0.25) is 0 Å². The summed E-state index contributed by atoms with van der Waals surface area (Å²) in [4.78, 5) is 49.8. The van der Waals surface area contributed by atoms with E-state index < -0.39 is 12.1 Å². The van der Waals surface area contributed by atoms with Crippen molar-refractivity contribution in [3.8, 4) is 0 Å². The highest BCUT2D eigenvalue weighted by Crippen LogP contribution is 2.31. The molecule has 4 N–H and O–H groups in total. The van der Waals surface area contributed by atoms with Crippen molar-refractivity contribution in [2.75, 3.05) is 51.1 Å². The molecule has 1 unspecified atom stereocenters. The molecular weight excluding hydrogens is 598 g/mol. The third kappa shape index (κ3) is 7.36. The van der Waals surface area contributed by atoms with Gasteiger partial charge in [0.1, 0.15) is 17.1 Å². The van der Waals surface area contributed by atoms with Crippen LogP contribution < -0.4 is 16.0 Å². The highest BCUT2D eigenvalue weighted by atomic mass is 16.7. The molecule has 5 heterocycles. The monoisotopic (exact) mass is 643 g/mol. The Balaban J connectivity index is 0.953. The molecule has 2 aromatic carbocycles. The molecule has 13 nitrogen and oxygen atoms in total. The molecule has 0 radical (unpaired) electrons. The minimum absolute atomic E-state index is 0.0563. The van der Waals surface area contributed by atoms with Gasteiger partial charge in [0.25, 0.3) is 0 Å². The second kappa shape index (κ2) is 14.3. The number of fused-ring (bicyclic) bond motifs is 2. The summed E-state index contributed by atoms with van der Waals surface area (Å²) in [5, 5.41) is 22.0. The van der Waals surface area contributed by atoms with Crippen LogP contribution in [0.5, 0.6) is 0 Å². The molecule has 13 heteroatoms. The zero-order chi connectivity index (χ0) is 32.2. The third-order valence-electron chi connectivity index (χ3n) is 10.5. The normalized spacial score (nSPS) is 21.1. The van der Waals surface area contributed by atoms with Crippen molar-refractivity contribution in [2.24, 2.45) is 11.8 Å². The molecule has 47 heavy (non-hydrogen) atoms. The summed E-state index contributed by atoms with van der Waals surface area (Å²) < 4.78 is 0. The van der Waals surface area contributed by atoms with Gasteiger partial charge in [0, 0.05) is 50.9 Å². The van der Waals surface area contributed by atoms with Gasteiger partial charge in [0.05, 0.1) is 0 Å². The van der Waals surface area contributed by atoms with Crippen molar-refractivity contribution >= 4 is 34.8 Å². The predicted molar refractivity (Wildman–Crippen MR) is 176 cm³/mol. The number of nitrogens with one attached hydrogen (secondary N) is 4. The van der Waals surface area contributed by atoms with Crippen LogP contribution >= 0.6 is 0 Å². The Morgan fingerprint density at radius 1 is 0.894 bits per heavy atom. The molecule has 3 fully saturated rings. The van der Waals surface area contributed by atoms with Crippen LogP contribution in [-0.4, -0.2) is 106 Å². The largest absolute Gasteiger partial charge is 0.426 e. The van der Waals surface area contributed by atoms with Gasteiger partial charge in [-0.3, -0.25) is 4.79 Å². The van der Waals surface area contributed by atoms with Crippen LogP contribution in [0.25, 0.3) is 11.0 Å². The first-order valence-electron chi connectivity index (χ1n) is 17.2. The van der Waals surface area contributed by atoms with Gasteiger partial charge in [-0.1, -0.05) is 24.3 Å². The van der Waals surface area contributed by atoms with E-state index in [1.54, 1.807) is 5.06 Å². The lowest BCUT2D eigenvalue weighted by Crippen LogP contribution is -2.54. The molecule has 0 bridgehead atoms. The molecule has 250 valence electrons. The lowest BCUT2D eigenvalue weighted by Gasteiger charge is -2.39. The highest BCUT2D eigenvalue weighted by molar-refractivity contribution is 5.91. The minimum Gasteiger partial charge on any atom is -0.351 e. The van der Waals surface area contributed by atoms with E-state index in [4.69, 9.17) is 4.84 Å². The number of rotatable bonds is 7.